The Kier molecular flexibility index (Phi) is 43.6. The van der Waals surface area contributed by atoms with E-state index in [0.717, 1.165) is 96.3 Å². The zero-order chi connectivity index (χ0) is 42.3. The van der Waals surface area contributed by atoms with Crippen LogP contribution in [0.25, 0.3) is 0 Å². The van der Waals surface area contributed by atoms with Gasteiger partial charge in [-0.15, -0.1) is 0 Å². The van der Waals surface area contributed by atoms with Gasteiger partial charge in [0.05, 0.1) is 0 Å². The molecule has 58 heavy (non-hydrogen) atoms. The van der Waals surface area contributed by atoms with Crippen LogP contribution in [-0.4, -0.2) is 37.2 Å². The Morgan fingerprint density at radius 3 is 1.17 bits per heavy atom. The predicted molar refractivity (Wildman–Crippen MR) is 247 cm³/mol. The fourth-order valence-electron chi connectivity index (χ4n) is 6.14. The first-order valence-corrected chi connectivity index (χ1v) is 23.7. The first-order valence-electron chi connectivity index (χ1n) is 23.7. The molecule has 0 rings (SSSR count). The van der Waals surface area contributed by atoms with Crippen LogP contribution in [0, 0.1) is 0 Å². The highest BCUT2D eigenvalue weighted by Crippen LogP contribution is 2.13. The minimum atomic E-state index is -0.803. The number of ether oxygens (including phenoxy) is 3. The van der Waals surface area contributed by atoms with Gasteiger partial charge in [0.1, 0.15) is 13.2 Å². The Morgan fingerprint density at radius 2 is 0.707 bits per heavy atom. The van der Waals surface area contributed by atoms with Gasteiger partial charge in [0.2, 0.25) is 0 Å². The van der Waals surface area contributed by atoms with E-state index in [1.165, 1.54) is 70.6 Å². The Morgan fingerprint density at radius 1 is 0.362 bits per heavy atom. The Hall–Kier alpha value is -3.41. The van der Waals surface area contributed by atoms with E-state index in [-0.39, 0.29) is 31.1 Å². The quantitative estimate of drug-likeness (QED) is 0.0201. The summed E-state index contributed by atoms with van der Waals surface area (Å²) >= 11 is 0. The molecule has 0 aromatic heterocycles. The fourth-order valence-corrected chi connectivity index (χ4v) is 6.14. The third kappa shape index (κ3) is 43.7. The SMILES string of the molecule is CC\C=C/C=C\C=C/C=C\C=C/CCCCCC(=O)OCC(COC(=O)CCCCCCC/C=C\CCCC)OC(=O)CCCCC/C=C\CCCCCCCCC. The van der Waals surface area contributed by atoms with Crippen molar-refractivity contribution < 1.29 is 28.6 Å². The molecule has 6 nitrogen and oxygen atoms in total. The van der Waals surface area contributed by atoms with Gasteiger partial charge in [0.25, 0.3) is 0 Å². The molecule has 0 N–H and O–H groups in total. The molecule has 330 valence electrons. The summed E-state index contributed by atoms with van der Waals surface area (Å²) in [5.41, 5.74) is 0. The first kappa shape index (κ1) is 54.6. The summed E-state index contributed by atoms with van der Waals surface area (Å²) in [5.74, 6) is -0.976. The third-order valence-corrected chi connectivity index (χ3v) is 9.73. The lowest BCUT2D eigenvalue weighted by Gasteiger charge is -2.18. The van der Waals surface area contributed by atoms with Crippen molar-refractivity contribution >= 4 is 17.9 Å². The van der Waals surface area contributed by atoms with E-state index in [1.54, 1.807) is 0 Å². The van der Waals surface area contributed by atoms with E-state index < -0.39 is 6.10 Å². The van der Waals surface area contributed by atoms with Gasteiger partial charge in [-0.25, -0.2) is 0 Å². The molecule has 0 aliphatic carbocycles. The molecule has 0 bridgehead atoms. The number of carbonyl (C=O) groups is 3. The average molecular weight is 807 g/mol. The average Bonchev–Trinajstić information content (AvgIpc) is 3.22. The molecule has 0 heterocycles. The second-order valence-corrected chi connectivity index (χ2v) is 15.4. The van der Waals surface area contributed by atoms with Crippen molar-refractivity contribution in [1.29, 1.82) is 0 Å². The minimum absolute atomic E-state index is 0.102. The number of allylic oxidation sites excluding steroid dienone is 14. The van der Waals surface area contributed by atoms with E-state index in [0.29, 0.717) is 19.3 Å². The highest BCUT2D eigenvalue weighted by molar-refractivity contribution is 5.71. The molecule has 0 aromatic rings. The Labute approximate surface area is 356 Å². The molecular weight excluding hydrogens is 721 g/mol. The molecule has 0 aromatic carbocycles. The monoisotopic (exact) mass is 807 g/mol. The topological polar surface area (TPSA) is 78.9 Å². The van der Waals surface area contributed by atoms with Crippen LogP contribution in [0.5, 0.6) is 0 Å². The standard InChI is InChI=1S/C52H86O6/c1-4-7-10-13-16-19-22-24-26-28-30-33-36-39-42-45-51(54)57-48-49(47-56-50(53)44-41-38-35-32-29-21-18-15-12-9-6-3)58-52(55)46-43-40-37-34-31-27-25-23-20-17-14-11-8-5-2/h7,10,13,15-16,18-19,22,24,26-28,30-31,49H,4-6,8-9,11-12,14,17,20-21,23,25,29,32-48H2,1-3H3/b10-7-,16-13-,18-15-,22-19-,26-24-,30-28-,31-27-. The number of hydrogen-bond donors (Lipinski definition) is 0. The lowest BCUT2D eigenvalue weighted by molar-refractivity contribution is -0.167. The lowest BCUT2D eigenvalue weighted by Crippen LogP contribution is -2.30. The summed E-state index contributed by atoms with van der Waals surface area (Å²) in [4.78, 5) is 37.8. The largest absolute Gasteiger partial charge is 0.462 e. The van der Waals surface area contributed by atoms with Gasteiger partial charge in [0.15, 0.2) is 6.10 Å². The van der Waals surface area contributed by atoms with E-state index >= 15 is 0 Å². The van der Waals surface area contributed by atoms with Crippen LogP contribution >= 0.6 is 0 Å². The van der Waals surface area contributed by atoms with Crippen molar-refractivity contribution in [3.63, 3.8) is 0 Å². The first-order chi connectivity index (χ1) is 28.5. The van der Waals surface area contributed by atoms with Crippen molar-refractivity contribution in [2.45, 2.75) is 213 Å². The zero-order valence-corrected chi connectivity index (χ0v) is 37.5. The maximum atomic E-state index is 12.7. The number of unbranched alkanes of at least 4 members (excludes halogenated alkanes) is 20. The molecule has 1 unspecified atom stereocenters. The van der Waals surface area contributed by atoms with Crippen LogP contribution in [0.15, 0.2) is 85.1 Å². The summed E-state index contributed by atoms with van der Waals surface area (Å²) in [6.07, 6.45) is 58.5. The van der Waals surface area contributed by atoms with Crippen LogP contribution in [0.3, 0.4) is 0 Å². The van der Waals surface area contributed by atoms with Crippen LogP contribution in [0.1, 0.15) is 207 Å². The van der Waals surface area contributed by atoms with Crippen LogP contribution < -0.4 is 0 Å². The molecule has 0 fully saturated rings. The van der Waals surface area contributed by atoms with Crippen LogP contribution in [0.2, 0.25) is 0 Å². The van der Waals surface area contributed by atoms with E-state index in [4.69, 9.17) is 14.2 Å². The molecule has 0 saturated carbocycles. The summed E-state index contributed by atoms with van der Waals surface area (Å²) in [6.45, 7) is 6.37. The molecule has 0 aliphatic rings. The van der Waals surface area contributed by atoms with Crippen molar-refractivity contribution in [3.05, 3.63) is 85.1 Å². The van der Waals surface area contributed by atoms with Gasteiger partial charge in [-0.1, -0.05) is 189 Å². The Bertz CT molecular complexity index is 1160. The van der Waals surface area contributed by atoms with Gasteiger partial charge in [0, 0.05) is 19.3 Å². The summed E-state index contributed by atoms with van der Waals surface area (Å²) in [5, 5.41) is 0. The maximum Gasteiger partial charge on any atom is 0.306 e. The molecule has 0 amide bonds. The molecule has 0 aliphatic heterocycles. The number of hydrogen-bond acceptors (Lipinski definition) is 6. The van der Waals surface area contributed by atoms with Gasteiger partial charge in [-0.2, -0.15) is 0 Å². The molecule has 6 heteroatoms. The molecule has 1 atom stereocenters. The Balaban J connectivity index is 4.51. The number of carbonyl (C=O) groups excluding carboxylic acids is 3. The van der Waals surface area contributed by atoms with Crippen molar-refractivity contribution in [2.24, 2.45) is 0 Å². The normalized spacial score (nSPS) is 12.8. The van der Waals surface area contributed by atoms with Crippen LogP contribution in [-0.2, 0) is 28.6 Å². The highest BCUT2D eigenvalue weighted by atomic mass is 16.6. The van der Waals surface area contributed by atoms with Crippen LogP contribution in [0.4, 0.5) is 0 Å². The molecule has 0 spiro atoms. The summed E-state index contributed by atoms with van der Waals surface area (Å²) < 4.78 is 16.7. The lowest BCUT2D eigenvalue weighted by atomic mass is 10.1. The van der Waals surface area contributed by atoms with Crippen molar-refractivity contribution in [3.8, 4) is 0 Å². The second-order valence-electron chi connectivity index (χ2n) is 15.4. The smallest absolute Gasteiger partial charge is 0.306 e. The zero-order valence-electron chi connectivity index (χ0n) is 37.5. The minimum Gasteiger partial charge on any atom is -0.462 e. The summed E-state index contributed by atoms with van der Waals surface area (Å²) in [6, 6.07) is 0. The summed E-state index contributed by atoms with van der Waals surface area (Å²) in [7, 11) is 0. The number of rotatable bonds is 41. The van der Waals surface area contributed by atoms with Gasteiger partial charge in [-0.05, 0) is 83.5 Å². The fraction of sp³-hybridized carbons (Fsp3) is 0.673. The van der Waals surface area contributed by atoms with Crippen molar-refractivity contribution in [1.82, 2.24) is 0 Å². The van der Waals surface area contributed by atoms with E-state index in [1.807, 2.05) is 48.6 Å². The van der Waals surface area contributed by atoms with E-state index in [2.05, 4.69) is 57.2 Å². The molecule has 0 saturated heterocycles. The molecule has 0 radical (unpaired) electrons. The third-order valence-electron chi connectivity index (χ3n) is 9.73. The number of esters is 3. The van der Waals surface area contributed by atoms with E-state index in [9.17, 15) is 14.4 Å². The van der Waals surface area contributed by atoms with Gasteiger partial charge >= 0.3 is 17.9 Å². The predicted octanol–water partition coefficient (Wildman–Crippen LogP) is 15.3. The molecular formula is C52H86O6. The van der Waals surface area contributed by atoms with Gasteiger partial charge in [-0.3, -0.25) is 14.4 Å². The highest BCUT2D eigenvalue weighted by Gasteiger charge is 2.19. The van der Waals surface area contributed by atoms with Gasteiger partial charge < -0.3 is 14.2 Å². The van der Waals surface area contributed by atoms with Crippen molar-refractivity contribution in [2.75, 3.05) is 13.2 Å². The maximum absolute atomic E-state index is 12.7. The second kappa shape index (κ2) is 46.3.